The van der Waals surface area contributed by atoms with Gasteiger partial charge >= 0.3 is 0 Å². The van der Waals surface area contributed by atoms with Crippen molar-refractivity contribution in [3.63, 3.8) is 0 Å². The van der Waals surface area contributed by atoms with E-state index in [2.05, 4.69) is 11.4 Å². The van der Waals surface area contributed by atoms with Gasteiger partial charge in [0.15, 0.2) is 0 Å². The average molecular weight is 242 g/mol. The minimum Gasteiger partial charge on any atom is -0.339 e. The number of hydrogen-bond acceptors (Lipinski definition) is 2. The minimum absolute atomic E-state index is 0.00560. The van der Waals surface area contributed by atoms with E-state index in [9.17, 15) is 4.79 Å². The maximum Gasteiger partial charge on any atom is 0.231 e. The summed E-state index contributed by atoms with van der Waals surface area (Å²) in [5, 5.41) is 11.9. The Morgan fingerprint density at radius 3 is 2.39 bits per heavy atom. The molecule has 0 heterocycles. The molecule has 94 valence electrons. The first-order valence-corrected chi connectivity index (χ1v) is 6.36. The molecule has 1 unspecified atom stereocenters. The SMILES string of the molecule is CC(C)C(C#N)NC(=O)C1(c2ccccc2)CC1. The van der Waals surface area contributed by atoms with Gasteiger partial charge in [-0.3, -0.25) is 4.79 Å². The van der Waals surface area contributed by atoms with Crippen LogP contribution in [0.15, 0.2) is 30.3 Å². The largest absolute Gasteiger partial charge is 0.339 e. The zero-order valence-corrected chi connectivity index (χ0v) is 10.8. The number of amides is 1. The topological polar surface area (TPSA) is 52.9 Å². The van der Waals surface area contributed by atoms with Crippen LogP contribution in [0.1, 0.15) is 32.3 Å². The molecule has 1 saturated carbocycles. The highest BCUT2D eigenvalue weighted by Crippen LogP contribution is 2.48. The van der Waals surface area contributed by atoms with E-state index in [-0.39, 0.29) is 17.2 Å². The Bertz CT molecular complexity index is 469. The van der Waals surface area contributed by atoms with E-state index < -0.39 is 6.04 Å². The first-order valence-electron chi connectivity index (χ1n) is 6.36. The molecule has 0 spiro atoms. The van der Waals surface area contributed by atoms with Gasteiger partial charge in [-0.1, -0.05) is 44.2 Å². The second-order valence-electron chi connectivity index (χ2n) is 5.27. The lowest BCUT2D eigenvalue weighted by Crippen LogP contribution is -2.43. The Labute approximate surface area is 108 Å². The first-order chi connectivity index (χ1) is 8.60. The molecule has 3 heteroatoms. The summed E-state index contributed by atoms with van der Waals surface area (Å²) >= 11 is 0. The highest BCUT2D eigenvalue weighted by molar-refractivity contribution is 5.91. The van der Waals surface area contributed by atoms with Crippen LogP contribution >= 0.6 is 0 Å². The predicted octanol–water partition coefficient (Wildman–Crippen LogP) is 2.38. The van der Waals surface area contributed by atoms with Crippen LogP contribution in [0.4, 0.5) is 0 Å². The lowest BCUT2D eigenvalue weighted by Gasteiger charge is -2.20. The van der Waals surface area contributed by atoms with Gasteiger partial charge in [0.05, 0.1) is 11.5 Å². The van der Waals surface area contributed by atoms with Gasteiger partial charge in [-0.2, -0.15) is 5.26 Å². The molecule has 1 fully saturated rings. The number of carbonyl (C=O) groups is 1. The maximum atomic E-state index is 12.3. The molecule has 1 aliphatic carbocycles. The summed E-state index contributed by atoms with van der Waals surface area (Å²) in [6, 6.07) is 11.6. The summed E-state index contributed by atoms with van der Waals surface area (Å²) < 4.78 is 0. The third-order valence-corrected chi connectivity index (χ3v) is 3.60. The number of benzene rings is 1. The number of carbonyl (C=O) groups excluding carboxylic acids is 1. The molecule has 18 heavy (non-hydrogen) atoms. The molecule has 0 aromatic heterocycles. The lowest BCUT2D eigenvalue weighted by atomic mass is 9.94. The van der Waals surface area contributed by atoms with Crippen molar-refractivity contribution in [1.82, 2.24) is 5.32 Å². The number of nitrogens with zero attached hydrogens (tertiary/aromatic N) is 1. The monoisotopic (exact) mass is 242 g/mol. The minimum atomic E-state index is -0.404. The molecule has 1 N–H and O–H groups in total. The van der Waals surface area contributed by atoms with Crippen LogP contribution in [0.5, 0.6) is 0 Å². The Balaban J connectivity index is 2.13. The van der Waals surface area contributed by atoms with Crippen LogP contribution in [0.25, 0.3) is 0 Å². The summed E-state index contributed by atoms with van der Waals surface area (Å²) in [6.45, 7) is 3.88. The molecule has 0 radical (unpaired) electrons. The second kappa shape index (κ2) is 4.81. The Morgan fingerprint density at radius 2 is 1.94 bits per heavy atom. The van der Waals surface area contributed by atoms with Gasteiger partial charge in [0, 0.05) is 0 Å². The fourth-order valence-corrected chi connectivity index (χ4v) is 2.16. The van der Waals surface area contributed by atoms with E-state index in [0.717, 1.165) is 18.4 Å². The fourth-order valence-electron chi connectivity index (χ4n) is 2.16. The van der Waals surface area contributed by atoms with Crippen molar-refractivity contribution in [1.29, 1.82) is 5.26 Å². The Hall–Kier alpha value is -1.82. The number of nitriles is 1. The average Bonchev–Trinajstić information content (AvgIpc) is 3.18. The summed E-state index contributed by atoms with van der Waals surface area (Å²) in [5.74, 6) is 0.125. The zero-order chi connectivity index (χ0) is 13.2. The molecule has 0 saturated heterocycles. The van der Waals surface area contributed by atoms with Crippen LogP contribution in [0.2, 0.25) is 0 Å². The molecule has 1 amide bonds. The van der Waals surface area contributed by atoms with Gasteiger partial charge in [0.1, 0.15) is 6.04 Å². The van der Waals surface area contributed by atoms with Crippen molar-refractivity contribution >= 4 is 5.91 Å². The van der Waals surface area contributed by atoms with Crippen LogP contribution < -0.4 is 5.32 Å². The highest BCUT2D eigenvalue weighted by Gasteiger charge is 2.51. The summed E-state index contributed by atoms with van der Waals surface area (Å²) in [4.78, 5) is 12.3. The molecule has 2 rings (SSSR count). The number of rotatable bonds is 4. The van der Waals surface area contributed by atoms with Crippen molar-refractivity contribution in [2.24, 2.45) is 5.92 Å². The summed E-state index contributed by atoms with van der Waals surface area (Å²) in [5.41, 5.74) is 0.675. The number of hydrogen-bond donors (Lipinski definition) is 1. The van der Waals surface area contributed by atoms with Crippen LogP contribution in [-0.4, -0.2) is 11.9 Å². The first kappa shape index (κ1) is 12.6. The van der Waals surface area contributed by atoms with Crippen molar-refractivity contribution < 1.29 is 4.79 Å². The third kappa shape index (κ3) is 2.24. The van der Waals surface area contributed by atoms with Gasteiger partial charge in [0.2, 0.25) is 5.91 Å². The standard InChI is InChI=1S/C15H18N2O/c1-11(2)13(10-16)17-14(18)15(8-9-15)12-6-4-3-5-7-12/h3-7,11,13H,8-9H2,1-2H3,(H,17,18). The van der Waals surface area contributed by atoms with Gasteiger partial charge in [-0.15, -0.1) is 0 Å². The van der Waals surface area contributed by atoms with Crippen LogP contribution in [-0.2, 0) is 10.2 Å². The molecular formula is C15H18N2O. The summed E-state index contributed by atoms with van der Waals surface area (Å²) in [6.07, 6.45) is 1.75. The van der Waals surface area contributed by atoms with E-state index in [1.165, 1.54) is 0 Å². The van der Waals surface area contributed by atoms with E-state index in [1.807, 2.05) is 44.2 Å². The number of nitrogens with one attached hydrogen (secondary N) is 1. The molecule has 0 bridgehead atoms. The van der Waals surface area contributed by atoms with Crippen LogP contribution in [0, 0.1) is 17.2 Å². The fraction of sp³-hybridized carbons (Fsp3) is 0.467. The van der Waals surface area contributed by atoms with Crippen molar-refractivity contribution in [2.75, 3.05) is 0 Å². The Kier molecular flexibility index (Phi) is 3.38. The van der Waals surface area contributed by atoms with Crippen molar-refractivity contribution in [2.45, 2.75) is 38.1 Å². The molecule has 1 aromatic carbocycles. The van der Waals surface area contributed by atoms with Gasteiger partial charge in [-0.05, 0) is 24.3 Å². The summed E-state index contributed by atoms with van der Waals surface area (Å²) in [7, 11) is 0. The van der Waals surface area contributed by atoms with Crippen molar-refractivity contribution in [3.8, 4) is 6.07 Å². The quantitative estimate of drug-likeness (QED) is 0.881. The molecule has 3 nitrogen and oxygen atoms in total. The maximum absolute atomic E-state index is 12.3. The predicted molar refractivity (Wildman–Crippen MR) is 69.7 cm³/mol. The molecule has 1 atom stereocenters. The van der Waals surface area contributed by atoms with E-state index in [1.54, 1.807) is 0 Å². The molecule has 1 aromatic rings. The lowest BCUT2D eigenvalue weighted by molar-refractivity contribution is -0.124. The van der Waals surface area contributed by atoms with E-state index in [0.29, 0.717) is 0 Å². The van der Waals surface area contributed by atoms with Gasteiger partial charge < -0.3 is 5.32 Å². The van der Waals surface area contributed by atoms with E-state index >= 15 is 0 Å². The molecular weight excluding hydrogens is 224 g/mol. The molecule has 1 aliphatic rings. The van der Waals surface area contributed by atoms with Crippen LogP contribution in [0.3, 0.4) is 0 Å². The third-order valence-electron chi connectivity index (χ3n) is 3.60. The van der Waals surface area contributed by atoms with E-state index in [4.69, 9.17) is 5.26 Å². The normalized spacial score (nSPS) is 17.9. The highest BCUT2D eigenvalue weighted by atomic mass is 16.2. The smallest absolute Gasteiger partial charge is 0.231 e. The van der Waals surface area contributed by atoms with Gasteiger partial charge in [0.25, 0.3) is 0 Å². The second-order valence-corrected chi connectivity index (χ2v) is 5.27. The molecule has 0 aliphatic heterocycles. The zero-order valence-electron chi connectivity index (χ0n) is 10.8. The van der Waals surface area contributed by atoms with Gasteiger partial charge in [-0.25, -0.2) is 0 Å². The van der Waals surface area contributed by atoms with Crippen molar-refractivity contribution in [3.05, 3.63) is 35.9 Å². The Morgan fingerprint density at radius 1 is 1.33 bits per heavy atom.